The Morgan fingerprint density at radius 2 is 1.50 bits per heavy atom. The molecule has 0 saturated heterocycles. The van der Waals surface area contributed by atoms with Gasteiger partial charge in [-0.2, -0.15) is 4.57 Å². The van der Waals surface area contributed by atoms with E-state index in [1.807, 2.05) is 18.2 Å². The normalized spacial score (nSPS) is 10.4. The highest BCUT2D eigenvalue weighted by Gasteiger charge is 2.05. The monoisotopic (exact) mass is 346 g/mol. The van der Waals surface area contributed by atoms with E-state index < -0.39 is 5.97 Å². The second-order valence-electron chi connectivity index (χ2n) is 5.29. The average Bonchev–Trinajstić information content (AvgIpc) is 2.56. The van der Waals surface area contributed by atoms with Gasteiger partial charge in [-0.25, -0.2) is 4.79 Å². The lowest BCUT2D eigenvalue weighted by atomic mass is 10.1. The van der Waals surface area contributed by atoms with Crippen molar-refractivity contribution < 1.29 is 26.9 Å². The Labute approximate surface area is 149 Å². The van der Waals surface area contributed by atoms with Crippen LogP contribution >= 0.6 is 0 Å². The molecule has 0 unspecified atom stereocenters. The Balaban J connectivity index is 0.00000288. The molecule has 1 heterocycles. The molecule has 2 rings (SSSR count). The molecule has 128 valence electrons. The van der Waals surface area contributed by atoms with Crippen LogP contribution in [-0.2, 0) is 11.3 Å². The number of pyridine rings is 1. The first-order valence-electron chi connectivity index (χ1n) is 7.86. The molecule has 1 N–H and O–H groups in total. The molecule has 0 bridgehead atoms. The van der Waals surface area contributed by atoms with Crippen molar-refractivity contribution in [3.63, 3.8) is 0 Å². The van der Waals surface area contributed by atoms with Crippen molar-refractivity contribution in [2.75, 3.05) is 18.0 Å². The number of aromatic nitrogens is 1. The molecule has 0 radical (unpaired) electrons. The highest BCUT2D eigenvalue weighted by atomic mass is 35.5. The Kier molecular flexibility index (Phi) is 7.99. The van der Waals surface area contributed by atoms with Crippen molar-refractivity contribution in [3.8, 4) is 0 Å². The first-order valence-corrected chi connectivity index (χ1v) is 7.86. The Morgan fingerprint density at radius 3 is 1.96 bits per heavy atom. The summed E-state index contributed by atoms with van der Waals surface area (Å²) < 4.78 is 1.64. The topological polar surface area (TPSA) is 44.4 Å². The van der Waals surface area contributed by atoms with Crippen LogP contribution in [0.25, 0.3) is 12.2 Å². The SMILES string of the molecule is CCN(CC)c1ccc(/C=C/c2cc[n+](CC(=O)O)cc2)cc1.[Cl-]. The third kappa shape index (κ3) is 5.70. The fourth-order valence-electron chi connectivity index (χ4n) is 2.42. The van der Waals surface area contributed by atoms with Gasteiger partial charge in [-0.1, -0.05) is 24.3 Å². The number of rotatable bonds is 7. The summed E-state index contributed by atoms with van der Waals surface area (Å²) in [6.45, 7) is 6.31. The molecule has 0 amide bonds. The number of anilines is 1. The van der Waals surface area contributed by atoms with Crippen molar-refractivity contribution in [2.24, 2.45) is 0 Å². The maximum atomic E-state index is 10.6. The molecule has 5 heteroatoms. The number of hydrogen-bond acceptors (Lipinski definition) is 2. The third-order valence-corrected chi connectivity index (χ3v) is 3.72. The van der Waals surface area contributed by atoms with Crippen LogP contribution in [0.1, 0.15) is 25.0 Å². The van der Waals surface area contributed by atoms with Gasteiger partial charge in [0.25, 0.3) is 0 Å². The quantitative estimate of drug-likeness (QED) is 0.722. The molecule has 4 nitrogen and oxygen atoms in total. The largest absolute Gasteiger partial charge is 1.00 e. The van der Waals surface area contributed by atoms with Crippen LogP contribution in [0.2, 0.25) is 0 Å². The van der Waals surface area contributed by atoms with Gasteiger partial charge in [0.1, 0.15) is 0 Å². The first kappa shape index (κ1) is 19.7. The van der Waals surface area contributed by atoms with E-state index in [9.17, 15) is 4.79 Å². The fourth-order valence-corrected chi connectivity index (χ4v) is 2.42. The number of carboxylic acids is 1. The molecular formula is C19H23ClN2O2. The predicted octanol–water partition coefficient (Wildman–Crippen LogP) is 0.0793. The molecule has 0 aliphatic heterocycles. The third-order valence-electron chi connectivity index (χ3n) is 3.72. The van der Waals surface area contributed by atoms with Crippen molar-refractivity contribution in [1.29, 1.82) is 0 Å². The number of nitrogens with zero attached hydrogens (tertiary/aromatic N) is 2. The van der Waals surface area contributed by atoms with Crippen molar-refractivity contribution in [2.45, 2.75) is 20.4 Å². The van der Waals surface area contributed by atoms with Crippen LogP contribution in [0, 0.1) is 0 Å². The summed E-state index contributed by atoms with van der Waals surface area (Å²) >= 11 is 0. The zero-order valence-corrected chi connectivity index (χ0v) is 14.8. The van der Waals surface area contributed by atoms with Crippen LogP contribution in [-0.4, -0.2) is 24.2 Å². The lowest BCUT2D eigenvalue weighted by molar-refractivity contribution is -0.685. The van der Waals surface area contributed by atoms with E-state index in [1.54, 1.807) is 17.0 Å². The van der Waals surface area contributed by atoms with Crippen LogP contribution in [0.15, 0.2) is 48.8 Å². The molecule has 0 spiro atoms. The Bertz CT molecular complexity index is 663. The van der Waals surface area contributed by atoms with E-state index in [1.165, 1.54) is 5.69 Å². The molecule has 2 aromatic rings. The standard InChI is InChI=1S/C19H22N2O2.ClH/c1-3-21(4-2)18-9-7-16(8-10-18)5-6-17-11-13-20(14-12-17)15-19(22)23;/h5-14H,3-4,15H2,1-2H3;1H. The summed E-state index contributed by atoms with van der Waals surface area (Å²) in [7, 11) is 0. The zero-order valence-electron chi connectivity index (χ0n) is 14.0. The summed E-state index contributed by atoms with van der Waals surface area (Å²) in [5.74, 6) is -0.841. The van der Waals surface area contributed by atoms with E-state index in [4.69, 9.17) is 5.11 Å². The summed E-state index contributed by atoms with van der Waals surface area (Å²) in [5, 5.41) is 8.75. The second kappa shape index (κ2) is 9.73. The Hall–Kier alpha value is -2.33. The summed E-state index contributed by atoms with van der Waals surface area (Å²) in [4.78, 5) is 13.0. The van der Waals surface area contributed by atoms with E-state index >= 15 is 0 Å². The van der Waals surface area contributed by atoms with Crippen LogP contribution in [0.4, 0.5) is 5.69 Å². The number of halogens is 1. The maximum Gasteiger partial charge on any atom is 0.370 e. The highest BCUT2D eigenvalue weighted by Crippen LogP contribution is 2.16. The average molecular weight is 347 g/mol. The van der Waals surface area contributed by atoms with Gasteiger partial charge in [-0.15, -0.1) is 0 Å². The molecule has 1 aromatic heterocycles. The van der Waals surface area contributed by atoms with E-state index in [0.29, 0.717) is 0 Å². The van der Waals surface area contributed by atoms with E-state index in [2.05, 4.69) is 49.1 Å². The summed E-state index contributed by atoms with van der Waals surface area (Å²) in [6, 6.07) is 12.3. The van der Waals surface area contributed by atoms with Gasteiger partial charge in [-0.3, -0.25) is 0 Å². The van der Waals surface area contributed by atoms with Gasteiger partial charge in [0.05, 0.1) is 0 Å². The van der Waals surface area contributed by atoms with Gasteiger partial charge >= 0.3 is 5.97 Å². The fraction of sp³-hybridized carbons (Fsp3) is 0.263. The van der Waals surface area contributed by atoms with Gasteiger partial charge in [0.15, 0.2) is 12.4 Å². The first-order chi connectivity index (χ1) is 11.1. The van der Waals surface area contributed by atoms with Crippen LogP contribution < -0.4 is 21.9 Å². The van der Waals surface area contributed by atoms with Gasteiger partial charge in [-0.05, 0) is 37.1 Å². The molecule has 1 aromatic carbocycles. The number of hydrogen-bond donors (Lipinski definition) is 1. The minimum absolute atomic E-state index is 0. The predicted molar refractivity (Wildman–Crippen MR) is 93.2 cm³/mol. The van der Waals surface area contributed by atoms with Gasteiger partial charge in [0.2, 0.25) is 6.54 Å². The Morgan fingerprint density at radius 1 is 1.00 bits per heavy atom. The molecule has 0 aliphatic rings. The molecule has 0 aliphatic carbocycles. The van der Waals surface area contributed by atoms with E-state index in [0.717, 1.165) is 24.2 Å². The number of carboxylic acid groups (broad SMARTS) is 1. The minimum atomic E-state index is -0.841. The number of aliphatic carboxylic acids is 1. The molecule has 0 atom stereocenters. The van der Waals surface area contributed by atoms with Gasteiger partial charge < -0.3 is 22.4 Å². The van der Waals surface area contributed by atoms with Crippen molar-refractivity contribution in [1.82, 2.24) is 0 Å². The summed E-state index contributed by atoms with van der Waals surface area (Å²) in [5.41, 5.74) is 3.42. The minimum Gasteiger partial charge on any atom is -1.00 e. The van der Waals surface area contributed by atoms with Crippen molar-refractivity contribution in [3.05, 3.63) is 59.9 Å². The smallest absolute Gasteiger partial charge is 0.370 e. The molecule has 0 saturated carbocycles. The van der Waals surface area contributed by atoms with Crippen LogP contribution in [0.5, 0.6) is 0 Å². The lowest BCUT2D eigenvalue weighted by Crippen LogP contribution is -3.00. The molecule has 0 fully saturated rings. The maximum absolute atomic E-state index is 10.6. The van der Waals surface area contributed by atoms with E-state index in [-0.39, 0.29) is 19.0 Å². The van der Waals surface area contributed by atoms with Crippen LogP contribution in [0.3, 0.4) is 0 Å². The number of benzene rings is 1. The second-order valence-corrected chi connectivity index (χ2v) is 5.29. The highest BCUT2D eigenvalue weighted by molar-refractivity contribution is 5.70. The van der Waals surface area contributed by atoms with Gasteiger partial charge in [0, 0.05) is 30.9 Å². The van der Waals surface area contributed by atoms with Crippen molar-refractivity contribution >= 4 is 23.8 Å². The summed E-state index contributed by atoms with van der Waals surface area (Å²) in [6.07, 6.45) is 7.63. The zero-order chi connectivity index (χ0) is 16.7. The molecular weight excluding hydrogens is 324 g/mol. The lowest BCUT2D eigenvalue weighted by Gasteiger charge is -2.20. The number of carbonyl (C=O) groups is 1. The molecule has 24 heavy (non-hydrogen) atoms.